The summed E-state index contributed by atoms with van der Waals surface area (Å²) in [5.41, 5.74) is 1.27. The van der Waals surface area contributed by atoms with E-state index >= 15 is 0 Å². The van der Waals surface area contributed by atoms with E-state index < -0.39 is 0 Å². The van der Waals surface area contributed by atoms with Gasteiger partial charge in [0, 0.05) is 42.5 Å². The number of carbonyl (C=O) groups excluding carboxylic acids is 2. The molecule has 2 aromatic rings. The molecule has 1 aromatic heterocycles. The molecule has 1 saturated carbocycles. The van der Waals surface area contributed by atoms with Crippen molar-refractivity contribution < 1.29 is 14.3 Å². The zero-order valence-electron chi connectivity index (χ0n) is 16.4. The number of likely N-dealkylation sites (tertiary alicyclic amines) is 1. The largest absolute Gasteiger partial charge is 0.496 e. The Morgan fingerprint density at radius 3 is 2.83 bits per heavy atom. The first-order valence-electron chi connectivity index (χ1n) is 9.82. The van der Waals surface area contributed by atoms with E-state index in [9.17, 15) is 9.59 Å². The van der Waals surface area contributed by atoms with Crippen LogP contribution in [0.5, 0.6) is 5.75 Å². The molecule has 0 radical (unpaired) electrons. The van der Waals surface area contributed by atoms with Gasteiger partial charge in [0.2, 0.25) is 5.91 Å². The van der Waals surface area contributed by atoms with Crippen molar-refractivity contribution >= 4 is 23.4 Å². The zero-order chi connectivity index (χ0) is 20.4. The monoisotopic (exact) mass is 413 g/mol. The number of amides is 2. The Morgan fingerprint density at radius 2 is 2.17 bits per heavy atom. The minimum absolute atomic E-state index is 0.00177. The Bertz CT molecular complexity index is 915. The third kappa shape index (κ3) is 3.81. The number of carbonyl (C=O) groups is 2. The van der Waals surface area contributed by atoms with E-state index in [0.717, 1.165) is 24.8 Å². The average Bonchev–Trinajstić information content (AvgIpc) is 3.14. The molecule has 152 valence electrons. The molecular weight excluding hydrogens is 390 g/mol. The third-order valence-corrected chi connectivity index (χ3v) is 6.42. The van der Waals surface area contributed by atoms with Gasteiger partial charge in [-0.25, -0.2) is 0 Å². The molecule has 6 nitrogen and oxygen atoms in total. The number of hydrogen-bond donors (Lipinski definition) is 1. The first-order valence-corrected chi connectivity index (χ1v) is 10.2. The van der Waals surface area contributed by atoms with Gasteiger partial charge in [-0.15, -0.1) is 0 Å². The minimum atomic E-state index is -0.206. The Morgan fingerprint density at radius 1 is 1.34 bits per heavy atom. The molecule has 1 N–H and O–H groups in total. The van der Waals surface area contributed by atoms with Crippen molar-refractivity contribution in [3.63, 3.8) is 0 Å². The summed E-state index contributed by atoms with van der Waals surface area (Å²) in [7, 11) is 1.53. The molecule has 2 amide bonds. The molecule has 1 spiro atoms. The molecule has 1 saturated heterocycles. The van der Waals surface area contributed by atoms with Crippen LogP contribution in [0.3, 0.4) is 0 Å². The van der Waals surface area contributed by atoms with Crippen molar-refractivity contribution in [2.45, 2.75) is 25.8 Å². The summed E-state index contributed by atoms with van der Waals surface area (Å²) >= 11 is 6.10. The summed E-state index contributed by atoms with van der Waals surface area (Å²) in [6.07, 6.45) is 6.48. The summed E-state index contributed by atoms with van der Waals surface area (Å²) in [6.45, 7) is 1.44. The van der Waals surface area contributed by atoms with Crippen LogP contribution in [0.25, 0.3) is 0 Å². The lowest BCUT2D eigenvalue weighted by Crippen LogP contribution is -2.45. The summed E-state index contributed by atoms with van der Waals surface area (Å²) in [4.78, 5) is 32.1. The minimum Gasteiger partial charge on any atom is -0.496 e. The molecule has 4 rings (SSSR count). The van der Waals surface area contributed by atoms with E-state index in [1.165, 1.54) is 7.11 Å². The Kier molecular flexibility index (Phi) is 5.46. The predicted octanol–water partition coefficient (Wildman–Crippen LogP) is 3.30. The quantitative estimate of drug-likeness (QED) is 0.816. The second kappa shape index (κ2) is 8.03. The molecule has 1 aromatic carbocycles. The molecule has 7 heteroatoms. The first kappa shape index (κ1) is 19.7. The molecule has 1 aliphatic heterocycles. The van der Waals surface area contributed by atoms with Gasteiger partial charge in [-0.2, -0.15) is 0 Å². The Labute approximate surface area is 175 Å². The topological polar surface area (TPSA) is 71.5 Å². The van der Waals surface area contributed by atoms with Gasteiger partial charge in [0.05, 0.1) is 18.6 Å². The fraction of sp³-hybridized carbons (Fsp3) is 0.409. The van der Waals surface area contributed by atoms with Crippen LogP contribution in [-0.4, -0.2) is 41.9 Å². The smallest absolute Gasteiger partial charge is 0.257 e. The molecule has 1 aliphatic carbocycles. The number of methoxy groups -OCH3 is 1. The van der Waals surface area contributed by atoms with Crippen molar-refractivity contribution in [1.82, 2.24) is 15.2 Å². The van der Waals surface area contributed by atoms with Gasteiger partial charge in [-0.05, 0) is 42.7 Å². The van der Waals surface area contributed by atoms with Crippen LogP contribution in [0.1, 0.15) is 35.2 Å². The number of benzene rings is 1. The molecule has 29 heavy (non-hydrogen) atoms. The van der Waals surface area contributed by atoms with Crippen molar-refractivity contribution in [3.05, 3.63) is 58.9 Å². The Hall–Kier alpha value is -2.60. The summed E-state index contributed by atoms with van der Waals surface area (Å²) in [5.74, 6) is 0.147. The second-order valence-corrected chi connectivity index (χ2v) is 8.31. The molecule has 2 fully saturated rings. The molecule has 2 aliphatic rings. The van der Waals surface area contributed by atoms with Crippen molar-refractivity contribution in [1.29, 1.82) is 0 Å². The number of nitrogens with zero attached hydrogens (tertiary/aromatic N) is 2. The van der Waals surface area contributed by atoms with Crippen molar-refractivity contribution in [2.75, 3.05) is 20.2 Å². The van der Waals surface area contributed by atoms with Crippen LogP contribution in [0.4, 0.5) is 0 Å². The maximum Gasteiger partial charge on any atom is 0.257 e. The molecular formula is C22H24ClN3O3. The second-order valence-electron chi connectivity index (χ2n) is 7.88. The zero-order valence-corrected chi connectivity index (χ0v) is 17.1. The number of ether oxygens (including phenoxy) is 1. The van der Waals surface area contributed by atoms with Crippen molar-refractivity contribution in [2.24, 2.45) is 11.3 Å². The van der Waals surface area contributed by atoms with Gasteiger partial charge in [0.25, 0.3) is 5.91 Å². The normalized spacial score (nSPS) is 19.7. The number of nitrogens with one attached hydrogen (secondary N) is 1. The van der Waals surface area contributed by atoms with E-state index in [0.29, 0.717) is 36.0 Å². The van der Waals surface area contributed by atoms with Gasteiger partial charge in [0.15, 0.2) is 0 Å². The molecule has 1 atom stereocenters. The van der Waals surface area contributed by atoms with E-state index in [4.69, 9.17) is 16.3 Å². The molecule has 2 heterocycles. The highest BCUT2D eigenvalue weighted by Gasteiger charge is 2.54. The van der Waals surface area contributed by atoms with Gasteiger partial charge in [-0.3, -0.25) is 14.6 Å². The number of pyridine rings is 1. The fourth-order valence-corrected chi connectivity index (χ4v) is 4.63. The lowest BCUT2D eigenvalue weighted by Gasteiger charge is -2.41. The maximum atomic E-state index is 13.2. The molecule has 1 unspecified atom stereocenters. The average molecular weight is 414 g/mol. The standard InChI is InChI=1S/C22H24ClN3O3/c1-29-19-6-5-16(23)10-17(19)21(28)26-13-18(22(14-26)7-3-8-22)20(27)25-12-15-4-2-9-24-11-15/h2,4-6,9-11,18H,3,7-8,12-14H2,1H3,(H,25,27). The maximum absolute atomic E-state index is 13.2. The van der Waals surface area contributed by atoms with Crippen LogP contribution in [0.15, 0.2) is 42.7 Å². The lowest BCUT2D eigenvalue weighted by atomic mass is 9.62. The van der Waals surface area contributed by atoms with E-state index in [-0.39, 0.29) is 23.1 Å². The van der Waals surface area contributed by atoms with E-state index in [1.807, 2.05) is 12.1 Å². The van der Waals surface area contributed by atoms with Gasteiger partial charge in [-0.1, -0.05) is 24.1 Å². The SMILES string of the molecule is COc1ccc(Cl)cc1C(=O)N1CC(C(=O)NCc2cccnc2)C2(CCC2)C1. The van der Waals surface area contributed by atoms with Crippen LogP contribution in [0, 0.1) is 11.3 Å². The van der Waals surface area contributed by atoms with Crippen LogP contribution < -0.4 is 10.1 Å². The number of rotatable bonds is 5. The first-order chi connectivity index (χ1) is 14.0. The van der Waals surface area contributed by atoms with Crippen LogP contribution >= 0.6 is 11.6 Å². The molecule has 0 bridgehead atoms. The van der Waals surface area contributed by atoms with Gasteiger partial charge < -0.3 is 15.0 Å². The predicted molar refractivity (Wildman–Crippen MR) is 110 cm³/mol. The van der Waals surface area contributed by atoms with Crippen molar-refractivity contribution in [3.8, 4) is 5.75 Å². The number of halogens is 1. The van der Waals surface area contributed by atoms with Crippen LogP contribution in [-0.2, 0) is 11.3 Å². The number of hydrogen-bond acceptors (Lipinski definition) is 4. The highest BCUT2D eigenvalue weighted by Crippen LogP contribution is 2.52. The third-order valence-electron chi connectivity index (χ3n) is 6.18. The fourth-order valence-electron chi connectivity index (χ4n) is 4.45. The Balaban J connectivity index is 1.50. The van der Waals surface area contributed by atoms with E-state index in [2.05, 4.69) is 10.3 Å². The summed E-state index contributed by atoms with van der Waals surface area (Å²) < 4.78 is 5.34. The summed E-state index contributed by atoms with van der Waals surface area (Å²) in [6, 6.07) is 8.81. The summed E-state index contributed by atoms with van der Waals surface area (Å²) in [5, 5.41) is 3.52. The van der Waals surface area contributed by atoms with Gasteiger partial charge >= 0.3 is 0 Å². The number of aromatic nitrogens is 1. The van der Waals surface area contributed by atoms with E-state index in [1.54, 1.807) is 35.5 Å². The highest BCUT2D eigenvalue weighted by atomic mass is 35.5. The van der Waals surface area contributed by atoms with Crippen LogP contribution in [0.2, 0.25) is 5.02 Å². The lowest BCUT2D eigenvalue weighted by molar-refractivity contribution is -0.129. The highest BCUT2D eigenvalue weighted by molar-refractivity contribution is 6.31. The van der Waals surface area contributed by atoms with Gasteiger partial charge in [0.1, 0.15) is 5.75 Å².